The molecule has 0 spiro atoms. The third-order valence-electron chi connectivity index (χ3n) is 6.95. The second-order valence-corrected chi connectivity index (χ2v) is 9.15. The number of hydrogen-bond acceptors (Lipinski definition) is 4. The van der Waals surface area contributed by atoms with Crippen LogP contribution < -0.4 is 10.6 Å². The van der Waals surface area contributed by atoms with E-state index in [1.54, 1.807) is 24.5 Å². The zero-order chi connectivity index (χ0) is 22.3. The summed E-state index contributed by atoms with van der Waals surface area (Å²) in [7, 11) is 0. The Hall–Kier alpha value is -2.73. The molecule has 1 saturated carbocycles. The van der Waals surface area contributed by atoms with Gasteiger partial charge in [-0.1, -0.05) is 31.4 Å². The van der Waals surface area contributed by atoms with Gasteiger partial charge in [0.1, 0.15) is 0 Å². The fourth-order valence-corrected chi connectivity index (χ4v) is 4.90. The Labute approximate surface area is 190 Å². The van der Waals surface area contributed by atoms with Gasteiger partial charge in [-0.15, -0.1) is 0 Å². The summed E-state index contributed by atoms with van der Waals surface area (Å²) in [6, 6.07) is 12.2. The van der Waals surface area contributed by atoms with Gasteiger partial charge in [0.25, 0.3) is 5.91 Å². The lowest BCUT2D eigenvalue weighted by atomic mass is 9.91. The number of nitrogens with one attached hydrogen (secondary N) is 2. The van der Waals surface area contributed by atoms with Crippen LogP contribution in [-0.2, 0) is 4.79 Å². The van der Waals surface area contributed by atoms with Gasteiger partial charge >= 0.3 is 0 Å². The van der Waals surface area contributed by atoms with Gasteiger partial charge in [-0.2, -0.15) is 0 Å². The van der Waals surface area contributed by atoms with Crippen LogP contribution in [0, 0.1) is 5.92 Å². The van der Waals surface area contributed by atoms with Crippen molar-refractivity contribution >= 4 is 17.5 Å². The molecule has 1 atom stereocenters. The average Bonchev–Trinajstić information content (AvgIpc) is 2.85. The van der Waals surface area contributed by atoms with Crippen molar-refractivity contribution < 1.29 is 9.59 Å². The Morgan fingerprint density at radius 1 is 1.03 bits per heavy atom. The number of aromatic nitrogens is 1. The van der Waals surface area contributed by atoms with E-state index in [4.69, 9.17) is 0 Å². The number of hydrogen-bond donors (Lipinski definition) is 2. The van der Waals surface area contributed by atoms with Gasteiger partial charge in [0.15, 0.2) is 0 Å². The van der Waals surface area contributed by atoms with E-state index in [9.17, 15) is 9.59 Å². The predicted octanol–water partition coefficient (Wildman–Crippen LogP) is 4.56. The molecule has 6 nitrogen and oxygen atoms in total. The molecule has 32 heavy (non-hydrogen) atoms. The quantitative estimate of drug-likeness (QED) is 0.699. The normalized spacial score (nSPS) is 19.3. The summed E-state index contributed by atoms with van der Waals surface area (Å²) in [6.07, 6.45) is 11.1. The fourth-order valence-electron chi connectivity index (χ4n) is 4.90. The summed E-state index contributed by atoms with van der Waals surface area (Å²) in [5.74, 6) is 0.225. The Morgan fingerprint density at radius 3 is 2.53 bits per heavy atom. The molecule has 2 aromatic rings. The molecular weight excluding hydrogens is 400 g/mol. The highest BCUT2D eigenvalue weighted by Gasteiger charge is 2.29. The van der Waals surface area contributed by atoms with Gasteiger partial charge in [0, 0.05) is 36.1 Å². The van der Waals surface area contributed by atoms with Gasteiger partial charge in [0.05, 0.1) is 5.56 Å². The molecule has 1 aromatic heterocycles. The first-order chi connectivity index (χ1) is 15.6. The second kappa shape index (κ2) is 10.7. The molecule has 0 radical (unpaired) electrons. The summed E-state index contributed by atoms with van der Waals surface area (Å²) in [4.78, 5) is 31.6. The van der Waals surface area contributed by atoms with Crippen molar-refractivity contribution in [1.29, 1.82) is 0 Å². The lowest BCUT2D eigenvalue weighted by molar-refractivity contribution is -0.127. The number of piperidine rings is 1. The maximum atomic E-state index is 12.7. The Kier molecular flexibility index (Phi) is 7.53. The smallest absolute Gasteiger partial charge is 0.257 e. The van der Waals surface area contributed by atoms with Gasteiger partial charge in [-0.25, -0.2) is 0 Å². The van der Waals surface area contributed by atoms with Crippen molar-refractivity contribution in [3.8, 4) is 0 Å². The van der Waals surface area contributed by atoms with Crippen LogP contribution in [0.4, 0.5) is 5.69 Å². The molecule has 1 unspecified atom stereocenters. The molecular formula is C26H34N4O2. The predicted molar refractivity (Wildman–Crippen MR) is 126 cm³/mol. The summed E-state index contributed by atoms with van der Waals surface area (Å²) >= 11 is 0. The maximum Gasteiger partial charge on any atom is 0.257 e. The maximum absolute atomic E-state index is 12.7. The van der Waals surface area contributed by atoms with Gasteiger partial charge < -0.3 is 10.6 Å². The number of anilines is 1. The Bertz CT molecular complexity index is 903. The molecule has 1 saturated heterocycles. The Morgan fingerprint density at radius 2 is 1.81 bits per heavy atom. The number of pyridine rings is 1. The first kappa shape index (κ1) is 22.5. The standard InChI is InChI=1S/C26H34N4O2/c1-19(21-7-5-11-24(17-21)29-26(32)22-8-6-14-27-18-22)30-15-12-20(13-16-30)25(31)28-23-9-3-2-4-10-23/h5-8,11,14,17-20,23H,2-4,9-10,12-13,15-16H2,1H3,(H,28,31)(H,29,32). The molecule has 2 heterocycles. The lowest BCUT2D eigenvalue weighted by Crippen LogP contribution is -2.44. The number of benzene rings is 1. The molecule has 2 N–H and O–H groups in total. The first-order valence-corrected chi connectivity index (χ1v) is 12.0. The van der Waals surface area contributed by atoms with E-state index >= 15 is 0 Å². The minimum absolute atomic E-state index is 0.130. The number of nitrogens with zero attached hydrogens (tertiary/aromatic N) is 2. The lowest BCUT2D eigenvalue weighted by Gasteiger charge is -2.36. The van der Waals surface area contributed by atoms with Crippen LogP contribution in [0.15, 0.2) is 48.8 Å². The molecule has 1 aliphatic carbocycles. The topological polar surface area (TPSA) is 74.3 Å². The number of carbonyl (C=O) groups excluding carboxylic acids is 2. The van der Waals surface area contributed by atoms with Crippen LogP contribution in [0.1, 0.15) is 73.8 Å². The van der Waals surface area contributed by atoms with E-state index in [-0.39, 0.29) is 23.8 Å². The number of rotatable bonds is 6. The van der Waals surface area contributed by atoms with Crippen molar-refractivity contribution in [2.24, 2.45) is 5.92 Å². The van der Waals surface area contributed by atoms with E-state index < -0.39 is 0 Å². The highest BCUT2D eigenvalue weighted by molar-refractivity contribution is 6.04. The minimum atomic E-state index is -0.160. The molecule has 2 aliphatic rings. The molecule has 2 fully saturated rings. The number of carbonyl (C=O) groups is 2. The van der Waals surface area contributed by atoms with Crippen LogP contribution in [0.2, 0.25) is 0 Å². The number of amides is 2. The molecule has 0 bridgehead atoms. The largest absolute Gasteiger partial charge is 0.353 e. The molecule has 6 heteroatoms. The second-order valence-electron chi connectivity index (χ2n) is 9.15. The van der Waals surface area contributed by atoms with E-state index in [1.165, 1.54) is 24.8 Å². The Balaban J connectivity index is 1.30. The summed E-state index contributed by atoms with van der Waals surface area (Å²) in [5, 5.41) is 6.27. The zero-order valence-electron chi connectivity index (χ0n) is 18.9. The van der Waals surface area contributed by atoms with Crippen LogP contribution >= 0.6 is 0 Å². The molecule has 170 valence electrons. The van der Waals surface area contributed by atoms with Crippen LogP contribution in [0.5, 0.6) is 0 Å². The monoisotopic (exact) mass is 434 g/mol. The third kappa shape index (κ3) is 5.74. The van der Waals surface area contributed by atoms with Crippen LogP contribution in [0.3, 0.4) is 0 Å². The number of likely N-dealkylation sites (tertiary alicyclic amines) is 1. The molecule has 2 amide bonds. The highest BCUT2D eigenvalue weighted by Crippen LogP contribution is 2.28. The summed E-state index contributed by atoms with van der Waals surface area (Å²) in [5.41, 5.74) is 2.49. The van der Waals surface area contributed by atoms with Crippen molar-refractivity contribution in [1.82, 2.24) is 15.2 Å². The molecule has 1 aliphatic heterocycles. The van der Waals surface area contributed by atoms with E-state index in [1.807, 2.05) is 18.2 Å². The van der Waals surface area contributed by atoms with Crippen LogP contribution in [0.25, 0.3) is 0 Å². The van der Waals surface area contributed by atoms with Gasteiger partial charge in [-0.05, 0) is 75.5 Å². The van der Waals surface area contributed by atoms with Crippen LogP contribution in [-0.4, -0.2) is 40.8 Å². The fraction of sp³-hybridized carbons (Fsp3) is 0.500. The minimum Gasteiger partial charge on any atom is -0.353 e. The van der Waals surface area contributed by atoms with Crippen molar-refractivity contribution in [2.45, 2.75) is 64.0 Å². The molecule has 4 rings (SSSR count). The third-order valence-corrected chi connectivity index (χ3v) is 6.95. The SMILES string of the molecule is CC(c1cccc(NC(=O)c2cccnc2)c1)N1CCC(C(=O)NC2CCCCC2)CC1. The summed E-state index contributed by atoms with van der Waals surface area (Å²) < 4.78 is 0. The average molecular weight is 435 g/mol. The van der Waals surface area contributed by atoms with E-state index in [0.717, 1.165) is 44.5 Å². The van der Waals surface area contributed by atoms with Crippen molar-refractivity contribution in [3.05, 3.63) is 59.9 Å². The van der Waals surface area contributed by atoms with Crippen molar-refractivity contribution in [3.63, 3.8) is 0 Å². The first-order valence-electron chi connectivity index (χ1n) is 12.0. The molecule has 1 aromatic carbocycles. The van der Waals surface area contributed by atoms with Crippen molar-refractivity contribution in [2.75, 3.05) is 18.4 Å². The van der Waals surface area contributed by atoms with Gasteiger partial charge in [-0.3, -0.25) is 19.5 Å². The van der Waals surface area contributed by atoms with Gasteiger partial charge in [0.2, 0.25) is 5.91 Å². The summed E-state index contributed by atoms with van der Waals surface area (Å²) in [6.45, 7) is 4.02. The van der Waals surface area contributed by atoms with E-state index in [0.29, 0.717) is 11.6 Å². The van der Waals surface area contributed by atoms with E-state index in [2.05, 4.69) is 33.5 Å². The highest BCUT2D eigenvalue weighted by atomic mass is 16.2. The zero-order valence-corrected chi connectivity index (χ0v) is 18.9.